The molecule has 0 atom stereocenters. The van der Waals surface area contributed by atoms with Crippen molar-refractivity contribution in [2.75, 3.05) is 0 Å². The lowest BCUT2D eigenvalue weighted by Gasteiger charge is -2.25. The van der Waals surface area contributed by atoms with Crippen LogP contribution in [0.4, 0.5) is 4.39 Å². The van der Waals surface area contributed by atoms with Crippen LogP contribution in [0.25, 0.3) is 0 Å². The maximum Gasteiger partial charge on any atom is 0.223 e. The van der Waals surface area contributed by atoms with Crippen LogP contribution in [0.15, 0.2) is 18.2 Å². The maximum atomic E-state index is 13.0. The molecule has 4 heteroatoms. The van der Waals surface area contributed by atoms with Crippen LogP contribution in [0.1, 0.15) is 31.2 Å². The van der Waals surface area contributed by atoms with E-state index in [1.54, 1.807) is 12.1 Å². The second kappa shape index (κ2) is 4.65. The van der Waals surface area contributed by atoms with Crippen LogP contribution in [0, 0.1) is 11.2 Å². The lowest BCUT2D eigenvalue weighted by Crippen LogP contribution is -2.36. The number of rotatable bonds is 3. The molecule has 1 aromatic rings. The molecule has 1 aliphatic rings. The Morgan fingerprint density at radius 3 is 2.59 bits per heavy atom. The van der Waals surface area contributed by atoms with Gasteiger partial charge in [0.15, 0.2) is 0 Å². The van der Waals surface area contributed by atoms with E-state index in [4.69, 9.17) is 17.3 Å². The molecule has 0 spiro atoms. The molecule has 1 saturated carbocycles. The molecular formula is C13H15ClFNO. The monoisotopic (exact) mass is 255 g/mol. The van der Waals surface area contributed by atoms with E-state index in [0.717, 1.165) is 31.2 Å². The van der Waals surface area contributed by atoms with Crippen molar-refractivity contribution in [1.29, 1.82) is 0 Å². The summed E-state index contributed by atoms with van der Waals surface area (Å²) < 4.78 is 13.0. The summed E-state index contributed by atoms with van der Waals surface area (Å²) in [7, 11) is 0. The van der Waals surface area contributed by atoms with Gasteiger partial charge in [0, 0.05) is 0 Å². The number of carbonyl (C=O) groups is 1. The van der Waals surface area contributed by atoms with Gasteiger partial charge in [0.1, 0.15) is 5.82 Å². The minimum Gasteiger partial charge on any atom is -0.369 e. The summed E-state index contributed by atoms with van der Waals surface area (Å²) in [5.41, 5.74) is 5.92. The summed E-state index contributed by atoms with van der Waals surface area (Å²) >= 11 is 5.73. The van der Waals surface area contributed by atoms with Crippen LogP contribution in [0.2, 0.25) is 5.02 Å². The molecule has 1 aliphatic carbocycles. The van der Waals surface area contributed by atoms with Crippen LogP contribution < -0.4 is 5.73 Å². The van der Waals surface area contributed by atoms with Gasteiger partial charge in [-0.3, -0.25) is 4.79 Å². The molecule has 0 heterocycles. The van der Waals surface area contributed by atoms with Gasteiger partial charge in [-0.1, -0.05) is 30.5 Å². The highest BCUT2D eigenvalue weighted by Crippen LogP contribution is 2.41. The van der Waals surface area contributed by atoms with Gasteiger partial charge in [-0.2, -0.15) is 0 Å². The minimum atomic E-state index is -0.457. The van der Waals surface area contributed by atoms with Gasteiger partial charge < -0.3 is 5.73 Å². The Morgan fingerprint density at radius 2 is 2.06 bits per heavy atom. The molecule has 2 N–H and O–H groups in total. The van der Waals surface area contributed by atoms with E-state index in [1.807, 2.05) is 0 Å². The quantitative estimate of drug-likeness (QED) is 0.886. The molecule has 92 valence electrons. The standard InChI is InChI=1S/C13H15ClFNO/c14-10-7-9(3-4-11(10)15)8-13(12(16)17)5-1-2-6-13/h3-4,7H,1-2,5-6,8H2,(H2,16,17). The highest BCUT2D eigenvalue weighted by molar-refractivity contribution is 6.30. The van der Waals surface area contributed by atoms with E-state index < -0.39 is 11.2 Å². The van der Waals surface area contributed by atoms with E-state index in [9.17, 15) is 9.18 Å². The van der Waals surface area contributed by atoms with Gasteiger partial charge in [-0.15, -0.1) is 0 Å². The summed E-state index contributed by atoms with van der Waals surface area (Å²) in [6, 6.07) is 4.59. The van der Waals surface area contributed by atoms with Crippen LogP contribution >= 0.6 is 11.6 Å². The van der Waals surface area contributed by atoms with Crippen molar-refractivity contribution < 1.29 is 9.18 Å². The fourth-order valence-electron chi connectivity index (χ4n) is 2.60. The Balaban J connectivity index is 2.23. The van der Waals surface area contributed by atoms with Gasteiger partial charge in [0.05, 0.1) is 10.4 Å². The molecule has 0 aliphatic heterocycles. The fraction of sp³-hybridized carbons (Fsp3) is 0.462. The van der Waals surface area contributed by atoms with Crippen LogP contribution in [0.3, 0.4) is 0 Å². The van der Waals surface area contributed by atoms with Crippen LogP contribution in [-0.4, -0.2) is 5.91 Å². The smallest absolute Gasteiger partial charge is 0.223 e. The first kappa shape index (κ1) is 12.4. The molecule has 17 heavy (non-hydrogen) atoms. The molecule has 2 rings (SSSR count). The summed E-state index contributed by atoms with van der Waals surface area (Å²) in [5, 5.41) is 0.0973. The Morgan fingerprint density at radius 1 is 1.41 bits per heavy atom. The van der Waals surface area contributed by atoms with E-state index in [1.165, 1.54) is 6.07 Å². The molecule has 2 nitrogen and oxygen atoms in total. The van der Waals surface area contributed by atoms with Gasteiger partial charge in [-0.05, 0) is 37.0 Å². The van der Waals surface area contributed by atoms with E-state index in [0.29, 0.717) is 6.42 Å². The largest absolute Gasteiger partial charge is 0.369 e. The lowest BCUT2D eigenvalue weighted by molar-refractivity contribution is -0.127. The number of nitrogens with two attached hydrogens (primary N) is 1. The summed E-state index contributed by atoms with van der Waals surface area (Å²) in [4.78, 5) is 11.6. The second-order valence-electron chi connectivity index (χ2n) is 4.78. The topological polar surface area (TPSA) is 43.1 Å². The number of halogens is 2. The Bertz CT molecular complexity index is 441. The first-order valence-corrected chi connectivity index (χ1v) is 6.15. The van der Waals surface area contributed by atoms with Crippen LogP contribution in [-0.2, 0) is 11.2 Å². The SMILES string of the molecule is NC(=O)C1(Cc2ccc(F)c(Cl)c2)CCCC1. The highest BCUT2D eigenvalue weighted by Gasteiger charge is 2.39. The maximum absolute atomic E-state index is 13.0. The predicted molar refractivity (Wildman–Crippen MR) is 65.2 cm³/mol. The molecule has 1 fully saturated rings. The molecule has 0 radical (unpaired) electrons. The number of hydrogen-bond donors (Lipinski definition) is 1. The zero-order valence-electron chi connectivity index (χ0n) is 9.51. The third-order valence-corrected chi connectivity index (χ3v) is 3.90. The van der Waals surface area contributed by atoms with Crippen molar-refractivity contribution in [2.24, 2.45) is 11.1 Å². The molecule has 0 aromatic heterocycles. The molecule has 1 amide bonds. The van der Waals surface area contributed by atoms with Gasteiger partial charge in [0.25, 0.3) is 0 Å². The average Bonchev–Trinajstić information content (AvgIpc) is 2.73. The molecular weight excluding hydrogens is 241 g/mol. The number of benzene rings is 1. The molecule has 1 aromatic carbocycles. The molecule has 0 saturated heterocycles. The van der Waals surface area contributed by atoms with E-state index in [2.05, 4.69) is 0 Å². The molecule has 0 unspecified atom stereocenters. The number of hydrogen-bond acceptors (Lipinski definition) is 1. The third kappa shape index (κ3) is 2.44. The Labute approximate surface area is 105 Å². The summed E-state index contributed by atoms with van der Waals surface area (Å²) in [6.45, 7) is 0. The third-order valence-electron chi connectivity index (χ3n) is 3.61. The van der Waals surface area contributed by atoms with Crippen molar-refractivity contribution in [2.45, 2.75) is 32.1 Å². The van der Waals surface area contributed by atoms with Crippen molar-refractivity contribution >= 4 is 17.5 Å². The second-order valence-corrected chi connectivity index (χ2v) is 5.18. The molecule has 0 bridgehead atoms. The number of carbonyl (C=O) groups excluding carboxylic acids is 1. The zero-order chi connectivity index (χ0) is 12.5. The Kier molecular flexibility index (Phi) is 3.38. The highest BCUT2D eigenvalue weighted by atomic mass is 35.5. The van der Waals surface area contributed by atoms with Gasteiger partial charge in [0.2, 0.25) is 5.91 Å². The number of primary amides is 1. The van der Waals surface area contributed by atoms with Crippen molar-refractivity contribution in [3.63, 3.8) is 0 Å². The lowest BCUT2D eigenvalue weighted by atomic mass is 9.79. The van der Waals surface area contributed by atoms with E-state index in [-0.39, 0.29) is 10.9 Å². The minimum absolute atomic E-state index is 0.0973. The normalized spacial score (nSPS) is 18.2. The van der Waals surface area contributed by atoms with E-state index >= 15 is 0 Å². The van der Waals surface area contributed by atoms with Crippen LogP contribution in [0.5, 0.6) is 0 Å². The van der Waals surface area contributed by atoms with Gasteiger partial charge in [-0.25, -0.2) is 4.39 Å². The Hall–Kier alpha value is -1.09. The summed E-state index contributed by atoms with van der Waals surface area (Å²) in [5.74, 6) is -0.689. The average molecular weight is 256 g/mol. The predicted octanol–water partition coefficient (Wildman–Crippen LogP) is 3.07. The van der Waals surface area contributed by atoms with Gasteiger partial charge >= 0.3 is 0 Å². The van der Waals surface area contributed by atoms with Crippen molar-refractivity contribution in [3.05, 3.63) is 34.6 Å². The van der Waals surface area contributed by atoms with Crippen molar-refractivity contribution in [3.8, 4) is 0 Å². The fourth-order valence-corrected chi connectivity index (χ4v) is 2.81. The first-order valence-electron chi connectivity index (χ1n) is 5.77. The first-order chi connectivity index (χ1) is 8.03. The summed E-state index contributed by atoms with van der Waals surface area (Å²) in [6.07, 6.45) is 4.24. The van der Waals surface area contributed by atoms with Crippen molar-refractivity contribution in [1.82, 2.24) is 0 Å². The zero-order valence-corrected chi connectivity index (χ0v) is 10.3. The number of amides is 1.